The molecule has 5 nitrogen and oxygen atoms in total. The first-order chi connectivity index (χ1) is 8.70. The molecule has 3 heterocycles. The number of hydrogen-bond acceptors (Lipinski definition) is 3. The summed E-state index contributed by atoms with van der Waals surface area (Å²) in [5, 5.41) is 4.42. The van der Waals surface area contributed by atoms with Crippen molar-refractivity contribution in [1.29, 1.82) is 0 Å². The van der Waals surface area contributed by atoms with Crippen molar-refractivity contribution in [2.24, 2.45) is 13.0 Å². The quantitative estimate of drug-likeness (QED) is 0.798. The predicted molar refractivity (Wildman–Crippen MR) is 69.7 cm³/mol. The molecule has 1 saturated heterocycles. The van der Waals surface area contributed by atoms with Crippen molar-refractivity contribution < 1.29 is 4.74 Å². The second kappa shape index (κ2) is 4.55. The van der Waals surface area contributed by atoms with E-state index < -0.39 is 0 Å². The average molecular weight is 269 g/mol. The first kappa shape index (κ1) is 12.0. The van der Waals surface area contributed by atoms with E-state index in [-0.39, 0.29) is 0 Å². The molecule has 0 amide bonds. The maximum Gasteiger partial charge on any atom is 0.158 e. The summed E-state index contributed by atoms with van der Waals surface area (Å²) in [6.45, 7) is 4.59. The van der Waals surface area contributed by atoms with Gasteiger partial charge < -0.3 is 9.30 Å². The lowest BCUT2D eigenvalue weighted by Gasteiger charge is -2.12. The summed E-state index contributed by atoms with van der Waals surface area (Å²) in [7, 11) is 1.96. The fraction of sp³-hybridized carbons (Fsp3) is 0.667. The molecule has 6 heteroatoms. The van der Waals surface area contributed by atoms with Gasteiger partial charge in [0.1, 0.15) is 11.3 Å². The van der Waals surface area contributed by atoms with Crippen LogP contribution in [0.25, 0.3) is 11.2 Å². The third kappa shape index (κ3) is 1.82. The van der Waals surface area contributed by atoms with E-state index in [1.165, 1.54) is 0 Å². The number of ether oxygens (including phenoxy) is 1. The van der Waals surface area contributed by atoms with Crippen LogP contribution in [0.4, 0.5) is 0 Å². The number of nitrogens with zero attached hydrogens (tertiary/aromatic N) is 4. The topological polar surface area (TPSA) is 44.9 Å². The molecule has 2 aromatic rings. The highest BCUT2D eigenvalue weighted by atomic mass is 35.5. The van der Waals surface area contributed by atoms with Gasteiger partial charge in [0.15, 0.2) is 5.65 Å². The number of imidazole rings is 1. The second-order valence-corrected chi connectivity index (χ2v) is 5.15. The molecular formula is C12H17ClN4O. The number of aromatic nitrogens is 4. The van der Waals surface area contributed by atoms with Crippen LogP contribution < -0.4 is 0 Å². The van der Waals surface area contributed by atoms with Crippen LogP contribution in [0.2, 0.25) is 0 Å². The normalized spacial score (nSPS) is 20.1. The van der Waals surface area contributed by atoms with Gasteiger partial charge in [-0.3, -0.25) is 4.68 Å². The largest absolute Gasteiger partial charge is 0.381 e. The molecule has 98 valence electrons. The SMILES string of the molecule is Cc1nn(C)c2c1nc(CCl)n2CC1CCOC1. The van der Waals surface area contributed by atoms with Crippen LogP contribution >= 0.6 is 11.6 Å². The Morgan fingerprint density at radius 1 is 1.50 bits per heavy atom. The number of aryl methyl sites for hydroxylation is 2. The number of halogens is 1. The minimum atomic E-state index is 0.432. The van der Waals surface area contributed by atoms with Crippen molar-refractivity contribution in [3.63, 3.8) is 0 Å². The summed E-state index contributed by atoms with van der Waals surface area (Å²) in [5.41, 5.74) is 2.99. The zero-order chi connectivity index (χ0) is 12.7. The van der Waals surface area contributed by atoms with Crippen molar-refractivity contribution in [3.05, 3.63) is 11.5 Å². The molecule has 2 aromatic heterocycles. The van der Waals surface area contributed by atoms with E-state index in [0.717, 1.165) is 48.9 Å². The van der Waals surface area contributed by atoms with Crippen LogP contribution in [0, 0.1) is 12.8 Å². The Bertz CT molecular complexity index is 568. The maximum absolute atomic E-state index is 6.01. The molecule has 1 atom stereocenters. The van der Waals surface area contributed by atoms with E-state index in [1.807, 2.05) is 18.7 Å². The van der Waals surface area contributed by atoms with Crippen molar-refractivity contribution in [3.8, 4) is 0 Å². The Labute approximate surface area is 111 Å². The first-order valence-corrected chi connectivity index (χ1v) is 6.76. The van der Waals surface area contributed by atoms with E-state index in [2.05, 4.69) is 14.6 Å². The molecule has 0 radical (unpaired) electrons. The standard InChI is InChI=1S/C12H17ClN4O/c1-8-11-12(16(2)15-8)17(10(5-13)14-11)6-9-3-4-18-7-9/h9H,3-7H2,1-2H3. The summed E-state index contributed by atoms with van der Waals surface area (Å²) in [4.78, 5) is 4.60. The van der Waals surface area contributed by atoms with E-state index in [1.54, 1.807) is 0 Å². The lowest BCUT2D eigenvalue weighted by Crippen LogP contribution is -2.14. The molecule has 0 spiro atoms. The molecule has 0 saturated carbocycles. The van der Waals surface area contributed by atoms with Gasteiger partial charge in [-0.2, -0.15) is 5.10 Å². The van der Waals surface area contributed by atoms with Crippen molar-refractivity contribution >= 4 is 22.8 Å². The molecular weight excluding hydrogens is 252 g/mol. The van der Waals surface area contributed by atoms with Gasteiger partial charge in [0.25, 0.3) is 0 Å². The first-order valence-electron chi connectivity index (χ1n) is 6.23. The number of hydrogen-bond donors (Lipinski definition) is 0. The molecule has 1 unspecified atom stereocenters. The highest BCUT2D eigenvalue weighted by Gasteiger charge is 2.22. The van der Waals surface area contributed by atoms with Crippen LogP contribution in [-0.4, -0.2) is 32.5 Å². The highest BCUT2D eigenvalue weighted by molar-refractivity contribution is 6.16. The molecule has 1 aliphatic rings. The number of rotatable bonds is 3. The fourth-order valence-corrected chi connectivity index (χ4v) is 2.86. The van der Waals surface area contributed by atoms with Crippen molar-refractivity contribution in [2.75, 3.05) is 13.2 Å². The lowest BCUT2D eigenvalue weighted by atomic mass is 10.1. The van der Waals surface area contributed by atoms with Gasteiger partial charge in [0, 0.05) is 26.1 Å². The van der Waals surface area contributed by atoms with Crippen LogP contribution in [0.15, 0.2) is 0 Å². The summed E-state index contributed by atoms with van der Waals surface area (Å²) < 4.78 is 9.53. The molecule has 0 N–H and O–H groups in total. The summed E-state index contributed by atoms with van der Waals surface area (Å²) in [6.07, 6.45) is 1.11. The third-order valence-corrected chi connectivity index (χ3v) is 3.79. The number of fused-ring (bicyclic) bond motifs is 1. The Balaban J connectivity index is 2.06. The Kier molecular flexibility index (Phi) is 3.03. The Morgan fingerprint density at radius 2 is 2.33 bits per heavy atom. The smallest absolute Gasteiger partial charge is 0.158 e. The van der Waals surface area contributed by atoms with Gasteiger partial charge in [0.2, 0.25) is 0 Å². The molecule has 0 aliphatic carbocycles. The minimum absolute atomic E-state index is 0.432. The minimum Gasteiger partial charge on any atom is -0.381 e. The van der Waals surface area contributed by atoms with E-state index in [9.17, 15) is 0 Å². The summed E-state index contributed by atoms with van der Waals surface area (Å²) >= 11 is 6.01. The van der Waals surface area contributed by atoms with Crippen LogP contribution in [0.3, 0.4) is 0 Å². The van der Waals surface area contributed by atoms with Crippen LogP contribution in [0.5, 0.6) is 0 Å². The molecule has 0 bridgehead atoms. The van der Waals surface area contributed by atoms with Gasteiger partial charge in [0.05, 0.1) is 18.2 Å². The van der Waals surface area contributed by atoms with Gasteiger partial charge >= 0.3 is 0 Å². The maximum atomic E-state index is 6.01. The third-order valence-electron chi connectivity index (χ3n) is 3.55. The molecule has 18 heavy (non-hydrogen) atoms. The van der Waals surface area contributed by atoms with E-state index in [0.29, 0.717) is 11.8 Å². The Hall–Kier alpha value is -1.07. The molecule has 1 fully saturated rings. The highest BCUT2D eigenvalue weighted by Crippen LogP contribution is 2.23. The van der Waals surface area contributed by atoms with Gasteiger partial charge in [-0.05, 0) is 13.3 Å². The predicted octanol–water partition coefficient (Wildman–Crippen LogP) is 1.85. The molecule has 3 rings (SSSR count). The van der Waals surface area contributed by atoms with Crippen LogP contribution in [-0.2, 0) is 24.2 Å². The van der Waals surface area contributed by atoms with Gasteiger partial charge in [-0.15, -0.1) is 11.6 Å². The van der Waals surface area contributed by atoms with Crippen molar-refractivity contribution in [1.82, 2.24) is 19.3 Å². The molecule has 1 aliphatic heterocycles. The lowest BCUT2D eigenvalue weighted by molar-refractivity contribution is 0.182. The Morgan fingerprint density at radius 3 is 3.00 bits per heavy atom. The number of alkyl halides is 1. The zero-order valence-electron chi connectivity index (χ0n) is 10.7. The summed E-state index contributed by atoms with van der Waals surface area (Å²) in [5.74, 6) is 1.91. The monoisotopic (exact) mass is 268 g/mol. The average Bonchev–Trinajstić information content (AvgIpc) is 3.01. The van der Waals surface area contributed by atoms with Crippen LogP contribution in [0.1, 0.15) is 17.9 Å². The van der Waals surface area contributed by atoms with E-state index >= 15 is 0 Å². The van der Waals surface area contributed by atoms with Gasteiger partial charge in [-0.25, -0.2) is 4.98 Å². The summed E-state index contributed by atoms with van der Waals surface area (Å²) in [6, 6.07) is 0. The van der Waals surface area contributed by atoms with Gasteiger partial charge in [-0.1, -0.05) is 0 Å². The van der Waals surface area contributed by atoms with E-state index in [4.69, 9.17) is 16.3 Å². The van der Waals surface area contributed by atoms with Crippen molar-refractivity contribution in [2.45, 2.75) is 25.8 Å². The second-order valence-electron chi connectivity index (χ2n) is 4.88. The zero-order valence-corrected chi connectivity index (χ0v) is 11.4. The fourth-order valence-electron chi connectivity index (χ4n) is 2.66. The molecule has 0 aromatic carbocycles.